The predicted octanol–water partition coefficient (Wildman–Crippen LogP) is 0.412. The molecular formula is C7H5N5. The van der Waals surface area contributed by atoms with E-state index >= 15 is 0 Å². The van der Waals surface area contributed by atoms with E-state index in [1.54, 1.807) is 12.3 Å². The Kier molecular flexibility index (Phi) is 1.21. The average Bonchev–Trinajstić information content (AvgIpc) is 2.49. The van der Waals surface area contributed by atoms with Crippen molar-refractivity contribution >= 4 is 16.9 Å². The fraction of sp³-hybridized carbons (Fsp3) is 0. The van der Waals surface area contributed by atoms with Crippen LogP contribution in [0, 0.1) is 11.3 Å². The Bertz CT molecular complexity index is 464. The molecule has 0 saturated heterocycles. The second kappa shape index (κ2) is 2.20. The average molecular weight is 159 g/mol. The normalized spacial score (nSPS) is 9.92. The van der Waals surface area contributed by atoms with Crippen LogP contribution in [0.4, 0.5) is 5.82 Å². The summed E-state index contributed by atoms with van der Waals surface area (Å²) in [6.07, 6.45) is 1.56. The molecule has 5 heteroatoms. The molecule has 0 fully saturated rings. The number of hydrogen-bond acceptors (Lipinski definition) is 4. The fourth-order valence-electron chi connectivity index (χ4n) is 0.983. The van der Waals surface area contributed by atoms with E-state index in [1.807, 2.05) is 6.07 Å². The Labute approximate surface area is 67.8 Å². The van der Waals surface area contributed by atoms with Gasteiger partial charge in [-0.3, -0.25) is 5.10 Å². The highest BCUT2D eigenvalue weighted by Gasteiger charge is 2.03. The molecule has 0 atom stereocenters. The number of nitriles is 1. The van der Waals surface area contributed by atoms with Crippen LogP contribution in [0.15, 0.2) is 12.3 Å². The molecule has 2 aromatic rings. The molecule has 2 heterocycles. The van der Waals surface area contributed by atoms with Crippen molar-refractivity contribution in [2.45, 2.75) is 0 Å². The zero-order valence-electron chi connectivity index (χ0n) is 6.07. The molecule has 0 aromatic carbocycles. The molecule has 12 heavy (non-hydrogen) atoms. The van der Waals surface area contributed by atoms with Crippen LogP contribution in [0.3, 0.4) is 0 Å². The summed E-state index contributed by atoms with van der Waals surface area (Å²) in [6, 6.07) is 3.57. The summed E-state index contributed by atoms with van der Waals surface area (Å²) in [5.41, 5.74) is 7.24. The Balaban J connectivity index is 2.84. The van der Waals surface area contributed by atoms with Crippen molar-refractivity contribution < 1.29 is 0 Å². The standard InChI is InChI=1S/C7H5N5/c8-2-4-1-5-6(3-10-12-5)11-7(4)9/h1,3H,(H2,9,11)(H,10,12). The van der Waals surface area contributed by atoms with Crippen molar-refractivity contribution in [2.75, 3.05) is 5.73 Å². The van der Waals surface area contributed by atoms with E-state index in [1.165, 1.54) is 0 Å². The third-order valence-electron chi connectivity index (χ3n) is 1.57. The van der Waals surface area contributed by atoms with Gasteiger partial charge in [-0.2, -0.15) is 10.4 Å². The largest absolute Gasteiger partial charge is 0.383 e. The molecule has 2 rings (SSSR count). The molecule has 3 N–H and O–H groups in total. The van der Waals surface area contributed by atoms with Gasteiger partial charge in [0.1, 0.15) is 17.4 Å². The van der Waals surface area contributed by atoms with E-state index in [2.05, 4.69) is 15.2 Å². The SMILES string of the molecule is N#Cc1cc2[nH]ncc2nc1N. The summed E-state index contributed by atoms with van der Waals surface area (Å²) in [5, 5.41) is 15.1. The second-order valence-electron chi connectivity index (χ2n) is 2.34. The third kappa shape index (κ3) is 0.787. The van der Waals surface area contributed by atoms with E-state index in [9.17, 15) is 0 Å². The first-order chi connectivity index (χ1) is 5.81. The van der Waals surface area contributed by atoms with Gasteiger partial charge in [-0.25, -0.2) is 4.98 Å². The number of pyridine rings is 1. The lowest BCUT2D eigenvalue weighted by atomic mass is 10.2. The zero-order chi connectivity index (χ0) is 8.55. The maximum absolute atomic E-state index is 8.61. The van der Waals surface area contributed by atoms with Crippen molar-refractivity contribution in [2.24, 2.45) is 0 Å². The number of nitrogens with two attached hydrogens (primary N) is 1. The monoisotopic (exact) mass is 159 g/mol. The number of nitrogens with one attached hydrogen (secondary N) is 1. The maximum Gasteiger partial charge on any atom is 0.142 e. The lowest BCUT2D eigenvalue weighted by molar-refractivity contribution is 1.12. The van der Waals surface area contributed by atoms with E-state index < -0.39 is 0 Å². The summed E-state index contributed by atoms with van der Waals surface area (Å²) in [6.45, 7) is 0. The lowest BCUT2D eigenvalue weighted by Crippen LogP contribution is -1.93. The van der Waals surface area contributed by atoms with Crippen LogP contribution in [-0.2, 0) is 0 Å². The molecule has 2 aromatic heterocycles. The molecule has 0 amide bonds. The van der Waals surface area contributed by atoms with Gasteiger partial charge in [-0.05, 0) is 6.07 Å². The Hall–Kier alpha value is -2.09. The van der Waals surface area contributed by atoms with E-state index in [-0.39, 0.29) is 5.82 Å². The first-order valence-electron chi connectivity index (χ1n) is 3.31. The number of nitrogens with zero attached hydrogens (tertiary/aromatic N) is 3. The number of fused-ring (bicyclic) bond motifs is 1. The number of aromatic nitrogens is 3. The molecular weight excluding hydrogens is 154 g/mol. The molecule has 0 radical (unpaired) electrons. The molecule has 0 bridgehead atoms. The van der Waals surface area contributed by atoms with Crippen LogP contribution in [-0.4, -0.2) is 15.2 Å². The number of H-pyrrole nitrogens is 1. The van der Waals surface area contributed by atoms with E-state index in [0.717, 1.165) is 5.52 Å². The quantitative estimate of drug-likeness (QED) is 0.582. The van der Waals surface area contributed by atoms with Gasteiger partial charge in [-0.1, -0.05) is 0 Å². The van der Waals surface area contributed by atoms with Gasteiger partial charge in [0.15, 0.2) is 0 Å². The Morgan fingerprint density at radius 2 is 2.42 bits per heavy atom. The molecule has 5 nitrogen and oxygen atoms in total. The highest BCUT2D eigenvalue weighted by Crippen LogP contribution is 2.14. The van der Waals surface area contributed by atoms with E-state index in [0.29, 0.717) is 11.1 Å². The molecule has 0 aliphatic rings. The third-order valence-corrected chi connectivity index (χ3v) is 1.57. The Morgan fingerprint density at radius 3 is 3.17 bits per heavy atom. The highest BCUT2D eigenvalue weighted by molar-refractivity contribution is 5.77. The van der Waals surface area contributed by atoms with Crippen LogP contribution in [0.2, 0.25) is 0 Å². The number of aromatic amines is 1. The molecule has 0 spiro atoms. The van der Waals surface area contributed by atoms with Gasteiger partial charge >= 0.3 is 0 Å². The minimum absolute atomic E-state index is 0.242. The molecule has 0 aliphatic carbocycles. The van der Waals surface area contributed by atoms with Crippen molar-refractivity contribution in [3.8, 4) is 6.07 Å². The van der Waals surface area contributed by atoms with Crippen molar-refractivity contribution in [1.82, 2.24) is 15.2 Å². The summed E-state index contributed by atoms with van der Waals surface area (Å²) >= 11 is 0. The van der Waals surface area contributed by atoms with Crippen LogP contribution in [0.5, 0.6) is 0 Å². The molecule has 0 saturated carbocycles. The zero-order valence-corrected chi connectivity index (χ0v) is 6.07. The van der Waals surface area contributed by atoms with Gasteiger partial charge in [0.05, 0.1) is 17.3 Å². The summed E-state index contributed by atoms with van der Waals surface area (Å²) in [4.78, 5) is 3.97. The van der Waals surface area contributed by atoms with Crippen molar-refractivity contribution in [3.05, 3.63) is 17.8 Å². The lowest BCUT2D eigenvalue weighted by Gasteiger charge is -1.94. The van der Waals surface area contributed by atoms with Crippen LogP contribution >= 0.6 is 0 Å². The second-order valence-corrected chi connectivity index (χ2v) is 2.34. The van der Waals surface area contributed by atoms with Crippen molar-refractivity contribution in [3.63, 3.8) is 0 Å². The van der Waals surface area contributed by atoms with Gasteiger partial charge in [0.2, 0.25) is 0 Å². The highest BCUT2D eigenvalue weighted by atomic mass is 15.1. The maximum atomic E-state index is 8.61. The summed E-state index contributed by atoms with van der Waals surface area (Å²) in [5.74, 6) is 0.242. The number of hydrogen-bond donors (Lipinski definition) is 2. The first-order valence-corrected chi connectivity index (χ1v) is 3.31. The minimum atomic E-state index is 0.242. The predicted molar refractivity (Wildman–Crippen MR) is 43.0 cm³/mol. The topological polar surface area (TPSA) is 91.4 Å². The van der Waals surface area contributed by atoms with Gasteiger partial charge in [0, 0.05) is 0 Å². The number of anilines is 1. The summed E-state index contributed by atoms with van der Waals surface area (Å²) < 4.78 is 0. The smallest absolute Gasteiger partial charge is 0.142 e. The van der Waals surface area contributed by atoms with Crippen molar-refractivity contribution in [1.29, 1.82) is 5.26 Å². The first kappa shape index (κ1) is 6.61. The Morgan fingerprint density at radius 1 is 1.58 bits per heavy atom. The molecule has 58 valence electrons. The van der Waals surface area contributed by atoms with Gasteiger partial charge in [0.25, 0.3) is 0 Å². The number of rotatable bonds is 0. The number of nitrogen functional groups attached to an aromatic ring is 1. The van der Waals surface area contributed by atoms with Crippen LogP contribution in [0.25, 0.3) is 11.0 Å². The molecule has 0 aliphatic heterocycles. The van der Waals surface area contributed by atoms with Crippen LogP contribution in [0.1, 0.15) is 5.56 Å². The van der Waals surface area contributed by atoms with E-state index in [4.69, 9.17) is 11.0 Å². The summed E-state index contributed by atoms with van der Waals surface area (Å²) in [7, 11) is 0. The minimum Gasteiger partial charge on any atom is -0.383 e. The molecule has 0 unspecified atom stereocenters. The fourth-order valence-corrected chi connectivity index (χ4v) is 0.983. The van der Waals surface area contributed by atoms with Crippen LogP contribution < -0.4 is 5.73 Å². The van der Waals surface area contributed by atoms with Gasteiger partial charge < -0.3 is 5.73 Å². The van der Waals surface area contributed by atoms with Gasteiger partial charge in [-0.15, -0.1) is 0 Å².